The van der Waals surface area contributed by atoms with Gasteiger partial charge in [0, 0.05) is 6.92 Å². The molecular formula is C10H3F9. The Morgan fingerprint density at radius 3 is 1.16 bits per heavy atom. The Hall–Kier alpha value is -1.41. The molecule has 0 bridgehead atoms. The summed E-state index contributed by atoms with van der Waals surface area (Å²) in [5, 5.41) is 0. The van der Waals surface area contributed by atoms with Crippen LogP contribution in [0.3, 0.4) is 0 Å². The third kappa shape index (κ3) is 3.32. The van der Waals surface area contributed by atoms with Crippen molar-refractivity contribution in [2.45, 2.75) is 18.5 Å². The molecule has 2 radical (unpaired) electrons. The lowest BCUT2D eigenvalue weighted by molar-refractivity contribution is -0.148. The van der Waals surface area contributed by atoms with Crippen molar-refractivity contribution in [3.05, 3.63) is 41.3 Å². The van der Waals surface area contributed by atoms with E-state index in [0.29, 0.717) is 0 Å². The number of benzene rings is 1. The van der Waals surface area contributed by atoms with Crippen molar-refractivity contribution in [3.8, 4) is 0 Å². The van der Waals surface area contributed by atoms with Crippen molar-refractivity contribution < 1.29 is 39.5 Å². The summed E-state index contributed by atoms with van der Waals surface area (Å²) in [6, 6.07) is -0.908. The van der Waals surface area contributed by atoms with Crippen LogP contribution in [0.1, 0.15) is 22.3 Å². The predicted molar refractivity (Wildman–Crippen MR) is 44.9 cm³/mol. The van der Waals surface area contributed by atoms with Crippen LogP contribution in [0.25, 0.3) is 0 Å². The zero-order valence-electron chi connectivity index (χ0n) is 8.63. The fourth-order valence-corrected chi connectivity index (χ4v) is 1.29. The molecule has 1 aromatic carbocycles. The molecule has 0 atom stereocenters. The normalized spacial score (nSPS) is 13.8. The van der Waals surface area contributed by atoms with Gasteiger partial charge in [0.15, 0.2) is 0 Å². The lowest BCUT2D eigenvalue weighted by Gasteiger charge is -2.19. The molecule has 9 heteroatoms. The van der Waals surface area contributed by atoms with Gasteiger partial charge in [-0.15, -0.1) is 0 Å². The molecule has 0 saturated heterocycles. The van der Waals surface area contributed by atoms with Gasteiger partial charge in [-0.1, -0.05) is 0 Å². The van der Waals surface area contributed by atoms with Gasteiger partial charge in [-0.25, -0.2) is 0 Å². The first-order valence-electron chi connectivity index (χ1n) is 4.39. The van der Waals surface area contributed by atoms with Crippen LogP contribution in [0.4, 0.5) is 39.5 Å². The molecule has 0 nitrogen and oxygen atoms in total. The molecule has 1 aromatic rings. The van der Waals surface area contributed by atoms with Crippen molar-refractivity contribution in [2.75, 3.05) is 0 Å². The van der Waals surface area contributed by atoms with Gasteiger partial charge in [0.1, 0.15) is 0 Å². The molecule has 106 valence electrons. The van der Waals surface area contributed by atoms with E-state index in [9.17, 15) is 39.5 Å². The van der Waals surface area contributed by atoms with Crippen LogP contribution >= 0.6 is 0 Å². The highest BCUT2D eigenvalue weighted by Crippen LogP contribution is 2.42. The summed E-state index contributed by atoms with van der Waals surface area (Å²) in [5.74, 6) is 0. The van der Waals surface area contributed by atoms with Gasteiger partial charge in [-0.2, -0.15) is 39.5 Å². The van der Waals surface area contributed by atoms with Gasteiger partial charge < -0.3 is 0 Å². The zero-order valence-corrected chi connectivity index (χ0v) is 8.63. The minimum Gasteiger partial charge on any atom is -0.166 e. The summed E-state index contributed by atoms with van der Waals surface area (Å²) in [4.78, 5) is 0. The zero-order chi connectivity index (χ0) is 15.2. The molecule has 0 fully saturated rings. The van der Waals surface area contributed by atoms with E-state index in [1.54, 1.807) is 0 Å². The Labute approximate surface area is 100 Å². The summed E-state index contributed by atoms with van der Waals surface area (Å²) in [6.45, 7) is 4.66. The number of alkyl halides is 9. The van der Waals surface area contributed by atoms with Gasteiger partial charge in [0.05, 0.1) is 16.7 Å². The number of hydrogen-bond acceptors (Lipinski definition) is 0. The van der Waals surface area contributed by atoms with Gasteiger partial charge in [-0.05, 0) is 17.7 Å². The van der Waals surface area contributed by atoms with E-state index in [0.717, 1.165) is 0 Å². The van der Waals surface area contributed by atoms with Gasteiger partial charge in [0.25, 0.3) is 0 Å². The maximum absolute atomic E-state index is 12.4. The van der Waals surface area contributed by atoms with E-state index in [4.69, 9.17) is 0 Å². The Morgan fingerprint density at radius 1 is 0.632 bits per heavy atom. The lowest BCUT2D eigenvalue weighted by Crippen LogP contribution is -2.18. The smallest absolute Gasteiger partial charge is 0.166 e. The van der Waals surface area contributed by atoms with Crippen LogP contribution in [0.2, 0.25) is 0 Å². The maximum Gasteiger partial charge on any atom is 0.416 e. The minimum absolute atomic E-state index is 0.454. The Balaban J connectivity index is 3.68. The monoisotopic (exact) mass is 294 g/mol. The molecule has 1 rings (SSSR count). The van der Waals surface area contributed by atoms with Gasteiger partial charge in [0.2, 0.25) is 0 Å². The van der Waals surface area contributed by atoms with Crippen molar-refractivity contribution in [2.24, 2.45) is 0 Å². The SMILES string of the molecule is [CH]c1c(C(F)(F)F)cc(C(F)(F)F)cc1C(F)(F)F. The van der Waals surface area contributed by atoms with E-state index in [1.165, 1.54) is 0 Å². The molecule has 0 aromatic heterocycles. The van der Waals surface area contributed by atoms with Gasteiger partial charge >= 0.3 is 18.5 Å². The minimum atomic E-state index is -5.43. The molecule has 0 amide bonds. The summed E-state index contributed by atoms with van der Waals surface area (Å²) in [6.07, 6.45) is -16.2. The topological polar surface area (TPSA) is 0 Å². The molecule has 0 aliphatic carbocycles. The van der Waals surface area contributed by atoms with E-state index >= 15 is 0 Å². The molecule has 19 heavy (non-hydrogen) atoms. The Morgan fingerprint density at radius 2 is 0.947 bits per heavy atom. The molecule has 0 N–H and O–H groups in total. The second-order valence-electron chi connectivity index (χ2n) is 3.48. The fraction of sp³-hybridized carbons (Fsp3) is 0.300. The highest BCUT2D eigenvalue weighted by atomic mass is 19.4. The molecular weight excluding hydrogens is 291 g/mol. The van der Waals surface area contributed by atoms with Crippen molar-refractivity contribution >= 4 is 0 Å². The lowest BCUT2D eigenvalue weighted by atomic mass is 9.97. The second kappa shape index (κ2) is 4.31. The summed E-state index contributed by atoms with van der Waals surface area (Å²) in [7, 11) is 0. The van der Waals surface area contributed by atoms with Crippen molar-refractivity contribution in [1.82, 2.24) is 0 Å². The summed E-state index contributed by atoms with van der Waals surface area (Å²) < 4.78 is 111. The molecule has 0 aliphatic heterocycles. The van der Waals surface area contributed by atoms with E-state index in [-0.39, 0.29) is 0 Å². The molecule has 0 heterocycles. The number of halogens is 9. The first kappa shape index (κ1) is 15.6. The van der Waals surface area contributed by atoms with E-state index in [1.807, 2.05) is 0 Å². The fourth-order valence-electron chi connectivity index (χ4n) is 1.29. The predicted octanol–water partition coefficient (Wildman–Crippen LogP) is 4.80. The second-order valence-corrected chi connectivity index (χ2v) is 3.48. The van der Waals surface area contributed by atoms with Crippen LogP contribution < -0.4 is 0 Å². The highest BCUT2D eigenvalue weighted by molar-refractivity contribution is 5.45. The van der Waals surface area contributed by atoms with Crippen LogP contribution in [0, 0.1) is 6.92 Å². The highest BCUT2D eigenvalue weighted by Gasteiger charge is 2.43. The maximum atomic E-state index is 12.4. The first-order chi connectivity index (χ1) is 8.24. The molecule has 0 unspecified atom stereocenters. The summed E-state index contributed by atoms with van der Waals surface area (Å²) >= 11 is 0. The van der Waals surface area contributed by atoms with Crippen molar-refractivity contribution in [1.29, 1.82) is 0 Å². The van der Waals surface area contributed by atoms with Crippen LogP contribution in [0.15, 0.2) is 12.1 Å². The molecule has 0 saturated carbocycles. The van der Waals surface area contributed by atoms with Gasteiger partial charge in [-0.3, -0.25) is 0 Å². The van der Waals surface area contributed by atoms with Crippen LogP contribution in [0.5, 0.6) is 0 Å². The van der Waals surface area contributed by atoms with E-state index < -0.39 is 52.9 Å². The Kier molecular flexibility index (Phi) is 3.55. The van der Waals surface area contributed by atoms with Crippen LogP contribution in [-0.4, -0.2) is 0 Å². The first-order valence-corrected chi connectivity index (χ1v) is 4.39. The number of rotatable bonds is 0. The number of hydrogen-bond donors (Lipinski definition) is 0. The largest absolute Gasteiger partial charge is 0.416 e. The average molecular weight is 294 g/mol. The molecule has 0 aliphatic rings. The Bertz CT molecular complexity index is 440. The molecule has 0 spiro atoms. The average Bonchev–Trinajstić information content (AvgIpc) is 2.11. The van der Waals surface area contributed by atoms with Crippen molar-refractivity contribution in [3.63, 3.8) is 0 Å². The summed E-state index contributed by atoms with van der Waals surface area (Å²) in [5.41, 5.74) is -8.20. The standard InChI is InChI=1S/C10H3F9/c1-4-6(9(14,15)16)2-5(8(11,12)13)3-7(4)10(17,18)19/h1-3H. The third-order valence-electron chi connectivity index (χ3n) is 2.12. The quantitative estimate of drug-likeness (QED) is 0.603. The van der Waals surface area contributed by atoms with E-state index in [2.05, 4.69) is 6.92 Å². The third-order valence-corrected chi connectivity index (χ3v) is 2.12. The van der Waals surface area contributed by atoms with Crippen LogP contribution in [-0.2, 0) is 18.5 Å².